The number of aryl methyl sites for hydroxylation is 2. The van der Waals surface area contributed by atoms with Crippen molar-refractivity contribution < 1.29 is 4.79 Å². The Morgan fingerprint density at radius 2 is 1.69 bits per heavy atom. The highest BCUT2D eigenvalue weighted by Gasteiger charge is 2.25. The first kappa shape index (κ1) is 19.1. The van der Waals surface area contributed by atoms with Gasteiger partial charge in [0.15, 0.2) is 0 Å². The second-order valence-corrected chi connectivity index (χ2v) is 7.52. The predicted molar refractivity (Wildman–Crippen MR) is 117 cm³/mol. The first-order valence-corrected chi connectivity index (χ1v) is 9.94. The summed E-state index contributed by atoms with van der Waals surface area (Å²) < 4.78 is 0. The van der Waals surface area contributed by atoms with Crippen LogP contribution in [0.15, 0.2) is 72.8 Å². The molecule has 0 aliphatic carbocycles. The van der Waals surface area contributed by atoms with Crippen molar-refractivity contribution in [3.05, 3.63) is 101 Å². The Kier molecular flexibility index (Phi) is 5.54. The predicted octanol–water partition coefficient (Wildman–Crippen LogP) is 4.94. The van der Waals surface area contributed by atoms with E-state index in [4.69, 9.17) is 0 Å². The van der Waals surface area contributed by atoms with E-state index in [1.54, 1.807) is 0 Å². The summed E-state index contributed by atoms with van der Waals surface area (Å²) in [4.78, 5) is 13.4. The average molecular weight is 383 g/mol. The summed E-state index contributed by atoms with van der Waals surface area (Å²) in [6.45, 7) is 4.82. The lowest BCUT2D eigenvalue weighted by Crippen LogP contribution is -2.30. The molecule has 146 valence electrons. The zero-order valence-corrected chi connectivity index (χ0v) is 16.8. The van der Waals surface area contributed by atoms with Crippen LogP contribution < -0.4 is 5.32 Å². The third-order valence-electron chi connectivity index (χ3n) is 5.23. The smallest absolute Gasteiger partial charge is 0.205 e. The maximum atomic E-state index is 13.4. The number of nitrogens with one attached hydrogen (secondary N) is 2. The second-order valence-electron chi connectivity index (χ2n) is 7.52. The molecule has 4 nitrogen and oxygen atoms in total. The van der Waals surface area contributed by atoms with Gasteiger partial charge >= 0.3 is 0 Å². The molecule has 0 aliphatic rings. The fourth-order valence-electron chi connectivity index (χ4n) is 3.58. The number of Topliss-reactive ketones (excluding diaryl/α,β-unsaturated/α-hetero) is 1. The van der Waals surface area contributed by atoms with E-state index < -0.39 is 6.04 Å². The van der Waals surface area contributed by atoms with Crippen LogP contribution in [0.2, 0.25) is 0 Å². The van der Waals surface area contributed by atoms with Crippen molar-refractivity contribution in [2.75, 3.05) is 6.54 Å². The largest absolute Gasteiger partial charge is 0.303 e. The molecule has 2 N–H and O–H groups in total. The maximum absolute atomic E-state index is 13.4. The third-order valence-corrected chi connectivity index (χ3v) is 5.23. The standard InChI is InChI=1S/C25H25N3O/c1-17-8-11-19(12-9-17)14-15-26-23(20-6-4-3-5-7-20)25(29)24-21-13-10-18(2)16-22(21)27-28-24/h3-13,16,23,26H,14-15H2,1-2H3,(H,27,28)/t23-/m0/s1. The Balaban J connectivity index is 1.58. The van der Waals surface area contributed by atoms with Gasteiger partial charge < -0.3 is 5.32 Å². The van der Waals surface area contributed by atoms with E-state index in [2.05, 4.69) is 46.7 Å². The van der Waals surface area contributed by atoms with Crippen LogP contribution in [0, 0.1) is 13.8 Å². The van der Waals surface area contributed by atoms with Crippen LogP contribution in [-0.2, 0) is 6.42 Å². The molecule has 4 rings (SSSR count). The van der Waals surface area contributed by atoms with E-state index >= 15 is 0 Å². The minimum atomic E-state index is -0.436. The number of nitrogens with zero attached hydrogens (tertiary/aromatic N) is 1. The highest BCUT2D eigenvalue weighted by Crippen LogP contribution is 2.24. The van der Waals surface area contributed by atoms with Crippen LogP contribution in [0.3, 0.4) is 0 Å². The van der Waals surface area contributed by atoms with Gasteiger partial charge in [0.05, 0.1) is 11.6 Å². The van der Waals surface area contributed by atoms with Gasteiger partial charge in [0.25, 0.3) is 0 Å². The van der Waals surface area contributed by atoms with Crippen molar-refractivity contribution in [3.8, 4) is 0 Å². The SMILES string of the molecule is Cc1ccc(CCN[C@H](C(=O)c2n[nH]c3cc(C)ccc23)c2ccccc2)cc1. The Hall–Kier alpha value is -3.24. The van der Waals surface area contributed by atoms with Crippen LogP contribution in [0.25, 0.3) is 10.9 Å². The normalized spacial score (nSPS) is 12.2. The molecule has 0 saturated carbocycles. The molecule has 29 heavy (non-hydrogen) atoms. The Morgan fingerprint density at radius 3 is 2.45 bits per heavy atom. The number of hydrogen-bond acceptors (Lipinski definition) is 3. The number of hydrogen-bond donors (Lipinski definition) is 2. The Morgan fingerprint density at radius 1 is 0.966 bits per heavy atom. The van der Waals surface area contributed by atoms with Gasteiger partial charge in [-0.3, -0.25) is 9.89 Å². The minimum absolute atomic E-state index is 0.0183. The molecule has 0 spiro atoms. The van der Waals surface area contributed by atoms with E-state index in [0.29, 0.717) is 12.2 Å². The zero-order valence-electron chi connectivity index (χ0n) is 16.8. The van der Waals surface area contributed by atoms with Gasteiger partial charge in [-0.1, -0.05) is 72.3 Å². The molecule has 1 heterocycles. The average Bonchev–Trinajstić information content (AvgIpc) is 3.16. The number of aromatic nitrogens is 2. The summed E-state index contributed by atoms with van der Waals surface area (Å²) in [5.41, 5.74) is 5.96. The number of benzene rings is 3. The summed E-state index contributed by atoms with van der Waals surface area (Å²) in [5.74, 6) is -0.0183. The van der Waals surface area contributed by atoms with E-state index in [1.807, 2.05) is 55.5 Å². The van der Waals surface area contributed by atoms with Crippen LogP contribution >= 0.6 is 0 Å². The molecule has 0 bridgehead atoms. The van der Waals surface area contributed by atoms with Gasteiger partial charge in [0, 0.05) is 11.9 Å². The van der Waals surface area contributed by atoms with Gasteiger partial charge in [0.1, 0.15) is 5.69 Å². The van der Waals surface area contributed by atoms with Crippen molar-refractivity contribution >= 4 is 16.7 Å². The maximum Gasteiger partial charge on any atom is 0.205 e. The lowest BCUT2D eigenvalue weighted by Gasteiger charge is -2.17. The molecular formula is C25H25N3O. The number of rotatable bonds is 7. The highest BCUT2D eigenvalue weighted by atomic mass is 16.1. The lowest BCUT2D eigenvalue weighted by molar-refractivity contribution is 0.0939. The first-order chi connectivity index (χ1) is 14.1. The fraction of sp³-hybridized carbons (Fsp3) is 0.200. The second kappa shape index (κ2) is 8.41. The number of H-pyrrole nitrogens is 1. The van der Waals surface area contributed by atoms with Crippen molar-refractivity contribution in [2.24, 2.45) is 0 Å². The minimum Gasteiger partial charge on any atom is -0.303 e. The molecule has 3 aromatic carbocycles. The molecule has 0 aliphatic heterocycles. The van der Waals surface area contributed by atoms with E-state index in [1.165, 1.54) is 11.1 Å². The molecule has 0 radical (unpaired) electrons. The number of fused-ring (bicyclic) bond motifs is 1. The molecule has 1 aromatic heterocycles. The molecule has 0 amide bonds. The van der Waals surface area contributed by atoms with E-state index in [-0.39, 0.29) is 5.78 Å². The monoisotopic (exact) mass is 383 g/mol. The van der Waals surface area contributed by atoms with Crippen molar-refractivity contribution in [1.82, 2.24) is 15.5 Å². The third kappa shape index (κ3) is 4.28. The summed E-state index contributed by atoms with van der Waals surface area (Å²) in [7, 11) is 0. The molecule has 4 heteroatoms. The fourth-order valence-corrected chi connectivity index (χ4v) is 3.58. The summed E-state index contributed by atoms with van der Waals surface area (Å²) >= 11 is 0. The molecule has 4 aromatic rings. The van der Waals surface area contributed by atoms with Crippen molar-refractivity contribution in [1.29, 1.82) is 0 Å². The Bertz CT molecular complexity index is 1110. The lowest BCUT2D eigenvalue weighted by atomic mass is 9.98. The summed E-state index contributed by atoms with van der Waals surface area (Å²) in [6.07, 6.45) is 0.859. The first-order valence-electron chi connectivity index (χ1n) is 9.94. The van der Waals surface area contributed by atoms with Gasteiger partial charge in [0.2, 0.25) is 5.78 Å². The van der Waals surface area contributed by atoms with Gasteiger partial charge in [-0.2, -0.15) is 5.10 Å². The van der Waals surface area contributed by atoms with Crippen LogP contribution in [0.1, 0.15) is 38.8 Å². The number of carbonyl (C=O) groups excluding carboxylic acids is 1. The van der Waals surface area contributed by atoms with E-state index in [9.17, 15) is 4.79 Å². The van der Waals surface area contributed by atoms with Crippen LogP contribution in [0.4, 0.5) is 0 Å². The molecular weight excluding hydrogens is 358 g/mol. The number of carbonyl (C=O) groups is 1. The summed E-state index contributed by atoms with van der Waals surface area (Å²) in [6, 6.07) is 23.9. The van der Waals surface area contributed by atoms with Crippen molar-refractivity contribution in [3.63, 3.8) is 0 Å². The van der Waals surface area contributed by atoms with Crippen LogP contribution in [0.5, 0.6) is 0 Å². The molecule has 0 saturated heterocycles. The van der Waals surface area contributed by atoms with Gasteiger partial charge in [-0.15, -0.1) is 0 Å². The molecule has 0 unspecified atom stereocenters. The van der Waals surface area contributed by atoms with Crippen molar-refractivity contribution in [2.45, 2.75) is 26.3 Å². The van der Waals surface area contributed by atoms with Crippen LogP contribution in [-0.4, -0.2) is 22.5 Å². The number of aromatic amines is 1. The zero-order chi connectivity index (χ0) is 20.2. The van der Waals surface area contributed by atoms with Gasteiger partial charge in [-0.05, 0) is 43.0 Å². The number of ketones is 1. The quantitative estimate of drug-likeness (QED) is 0.445. The van der Waals surface area contributed by atoms with Gasteiger partial charge in [-0.25, -0.2) is 0 Å². The van der Waals surface area contributed by atoms with E-state index in [0.717, 1.165) is 28.5 Å². The topological polar surface area (TPSA) is 57.8 Å². The summed E-state index contributed by atoms with van der Waals surface area (Å²) in [5, 5.41) is 11.7. The molecule has 1 atom stereocenters. The highest BCUT2D eigenvalue weighted by molar-refractivity contribution is 6.08. The molecule has 0 fully saturated rings. The Labute approximate surface area is 171 Å².